The number of hydrogen-bond donors (Lipinski definition) is 2. The molecule has 2 N–H and O–H groups in total. The lowest BCUT2D eigenvalue weighted by molar-refractivity contribution is 0.220. The Labute approximate surface area is 54.5 Å². The lowest BCUT2D eigenvalue weighted by atomic mass is 10.7. The van der Waals surface area contributed by atoms with Gasteiger partial charge in [0.05, 0.1) is 13.2 Å². The predicted molar refractivity (Wildman–Crippen MR) is 35.6 cm³/mol. The van der Waals surface area contributed by atoms with Crippen LogP contribution in [0.3, 0.4) is 0 Å². The molecule has 8 heavy (non-hydrogen) atoms. The monoisotopic (exact) mass is 136 g/mol. The Morgan fingerprint density at radius 2 is 1.50 bits per heavy atom. The van der Waals surface area contributed by atoms with E-state index in [4.69, 9.17) is 10.8 Å². The minimum Gasteiger partial charge on any atom is -0.370 e. The maximum Gasteiger partial charge on any atom is 0.0816 e. The van der Waals surface area contributed by atoms with Crippen molar-refractivity contribution in [3.8, 4) is 0 Å². The Bertz CT molecular complexity index is 59.1. The molecule has 0 fully saturated rings. The Morgan fingerprint density at radius 3 is 1.75 bits per heavy atom. The molecule has 0 aliphatic rings. The highest BCUT2D eigenvalue weighted by Gasteiger charge is 1.73. The smallest absolute Gasteiger partial charge is 0.0816 e. The largest absolute Gasteiger partial charge is 0.370 e. The molecule has 3 nitrogen and oxygen atoms in total. The van der Waals surface area contributed by atoms with Gasteiger partial charge in [0.2, 0.25) is 0 Å². The van der Waals surface area contributed by atoms with Crippen LogP contribution >= 0.6 is 12.4 Å². The number of nitrogens with one attached hydrogen (secondary N) is 2. The summed E-state index contributed by atoms with van der Waals surface area (Å²) in [6.45, 7) is 0.630. The van der Waals surface area contributed by atoms with Gasteiger partial charge in [-0.25, -0.2) is 0 Å². The van der Waals surface area contributed by atoms with Gasteiger partial charge in [-0.3, -0.25) is 0 Å². The van der Waals surface area contributed by atoms with Crippen LogP contribution in [0.5, 0.6) is 0 Å². The highest BCUT2D eigenvalue weighted by Crippen LogP contribution is 1.62. The zero-order valence-corrected chi connectivity index (χ0v) is 5.20. The van der Waals surface area contributed by atoms with Crippen LogP contribution in [0.15, 0.2) is 0 Å². The highest BCUT2D eigenvalue weighted by atomic mass is 35.5. The molecule has 0 heterocycles. The average molecular weight is 137 g/mol. The average Bonchev–Trinajstić information content (AvgIpc) is 1.69. The molecular weight excluding hydrogens is 128 g/mol. The molecule has 0 saturated carbocycles. The molecule has 0 atom stereocenters. The molecule has 0 spiro atoms. The van der Waals surface area contributed by atoms with Gasteiger partial charge in [-0.1, -0.05) is 0 Å². The van der Waals surface area contributed by atoms with Crippen LogP contribution in [0.1, 0.15) is 0 Å². The topological polar surface area (TPSA) is 56.9 Å². The molecule has 0 amide bonds. The second kappa shape index (κ2) is 9.77. The maximum absolute atomic E-state index is 6.46. The summed E-state index contributed by atoms with van der Waals surface area (Å²) in [7, 11) is 0. The van der Waals surface area contributed by atoms with E-state index in [1.807, 2.05) is 0 Å². The van der Waals surface area contributed by atoms with E-state index < -0.39 is 0 Å². The van der Waals surface area contributed by atoms with Gasteiger partial charge in [0.15, 0.2) is 0 Å². The molecule has 0 aromatic rings. The molecule has 0 saturated heterocycles. The van der Waals surface area contributed by atoms with Crippen LogP contribution in [-0.4, -0.2) is 25.6 Å². The van der Waals surface area contributed by atoms with Crippen molar-refractivity contribution in [2.75, 3.05) is 13.2 Å². The van der Waals surface area contributed by atoms with E-state index in [-0.39, 0.29) is 12.4 Å². The van der Waals surface area contributed by atoms with Crippen LogP contribution in [-0.2, 0) is 4.74 Å². The van der Waals surface area contributed by atoms with Crippen LogP contribution < -0.4 is 0 Å². The first kappa shape index (κ1) is 10.5. The van der Waals surface area contributed by atoms with E-state index in [1.165, 1.54) is 0 Å². The predicted octanol–water partition coefficient (Wildman–Crippen LogP) is 0.724. The van der Waals surface area contributed by atoms with Crippen molar-refractivity contribution in [2.45, 2.75) is 0 Å². The van der Waals surface area contributed by atoms with Gasteiger partial charge >= 0.3 is 0 Å². The van der Waals surface area contributed by atoms with E-state index >= 15 is 0 Å². The number of halogens is 1. The van der Waals surface area contributed by atoms with Crippen molar-refractivity contribution >= 4 is 24.8 Å². The fourth-order valence-corrected chi connectivity index (χ4v) is 0.186. The SMILES string of the molecule is Cl.N=CCOCC=N. The summed E-state index contributed by atoms with van der Waals surface area (Å²) < 4.78 is 4.65. The first-order valence-electron chi connectivity index (χ1n) is 1.97. The molecule has 4 heteroatoms. The minimum absolute atomic E-state index is 0. The minimum atomic E-state index is 0. The van der Waals surface area contributed by atoms with Crippen LogP contribution in [0.2, 0.25) is 0 Å². The summed E-state index contributed by atoms with van der Waals surface area (Å²) in [5, 5.41) is 12.9. The molecule has 0 aromatic carbocycles. The van der Waals surface area contributed by atoms with Gasteiger partial charge in [-0.15, -0.1) is 12.4 Å². The summed E-state index contributed by atoms with van der Waals surface area (Å²) in [5.41, 5.74) is 0. The first-order chi connectivity index (χ1) is 3.41. The molecule has 0 aliphatic heterocycles. The fourth-order valence-electron chi connectivity index (χ4n) is 0.186. The molecular formula is C4H9ClN2O. The third-order valence-corrected chi connectivity index (χ3v) is 0.402. The molecule has 0 radical (unpaired) electrons. The van der Waals surface area contributed by atoms with E-state index in [2.05, 4.69) is 4.74 Å². The standard InChI is InChI=1S/C4H8N2O.ClH/c5-1-3-7-4-2-6;/h1-2,5-6H,3-4H2;1H. The second-order valence-electron chi connectivity index (χ2n) is 0.946. The van der Waals surface area contributed by atoms with Crippen molar-refractivity contribution in [3.63, 3.8) is 0 Å². The summed E-state index contributed by atoms with van der Waals surface area (Å²) in [5.74, 6) is 0. The van der Waals surface area contributed by atoms with E-state index in [9.17, 15) is 0 Å². The number of hydrogen-bond acceptors (Lipinski definition) is 3. The quantitative estimate of drug-likeness (QED) is 0.434. The van der Waals surface area contributed by atoms with E-state index in [0.717, 1.165) is 12.4 Å². The Kier molecular flexibility index (Phi) is 12.9. The number of rotatable bonds is 4. The molecule has 0 unspecified atom stereocenters. The van der Waals surface area contributed by atoms with Crippen LogP contribution in [0.4, 0.5) is 0 Å². The van der Waals surface area contributed by atoms with Crippen LogP contribution in [0.25, 0.3) is 0 Å². The number of ether oxygens (including phenoxy) is 1. The third-order valence-electron chi connectivity index (χ3n) is 0.402. The summed E-state index contributed by atoms with van der Waals surface area (Å²) in [6, 6.07) is 0. The highest BCUT2D eigenvalue weighted by molar-refractivity contribution is 5.85. The zero-order valence-electron chi connectivity index (χ0n) is 4.39. The van der Waals surface area contributed by atoms with Gasteiger partial charge in [0, 0.05) is 12.4 Å². The van der Waals surface area contributed by atoms with Gasteiger partial charge in [-0.2, -0.15) is 0 Å². The van der Waals surface area contributed by atoms with Crippen molar-refractivity contribution in [2.24, 2.45) is 0 Å². The van der Waals surface area contributed by atoms with Gasteiger partial charge in [0.1, 0.15) is 0 Å². The normalized spacial score (nSPS) is 7.00. The van der Waals surface area contributed by atoms with E-state index in [0.29, 0.717) is 13.2 Å². The Hall–Kier alpha value is -0.410. The lowest BCUT2D eigenvalue weighted by Crippen LogP contribution is -1.96. The van der Waals surface area contributed by atoms with Crippen molar-refractivity contribution in [3.05, 3.63) is 0 Å². The summed E-state index contributed by atoms with van der Waals surface area (Å²) in [6.07, 6.45) is 2.31. The molecule has 0 aromatic heterocycles. The van der Waals surface area contributed by atoms with E-state index in [1.54, 1.807) is 0 Å². The summed E-state index contributed by atoms with van der Waals surface area (Å²) in [4.78, 5) is 0. The zero-order chi connectivity index (χ0) is 5.54. The first-order valence-corrected chi connectivity index (χ1v) is 1.97. The van der Waals surface area contributed by atoms with Crippen molar-refractivity contribution in [1.82, 2.24) is 0 Å². The maximum atomic E-state index is 6.46. The fraction of sp³-hybridized carbons (Fsp3) is 0.500. The van der Waals surface area contributed by atoms with Gasteiger partial charge in [0.25, 0.3) is 0 Å². The lowest BCUT2D eigenvalue weighted by Gasteiger charge is -1.88. The van der Waals surface area contributed by atoms with Gasteiger partial charge < -0.3 is 15.6 Å². The molecule has 48 valence electrons. The van der Waals surface area contributed by atoms with Crippen LogP contribution in [0, 0.1) is 10.8 Å². The van der Waals surface area contributed by atoms with Crippen molar-refractivity contribution < 1.29 is 4.74 Å². The molecule has 0 bridgehead atoms. The van der Waals surface area contributed by atoms with Gasteiger partial charge in [-0.05, 0) is 0 Å². The third kappa shape index (κ3) is 9.14. The molecule has 0 aliphatic carbocycles. The Balaban J connectivity index is 0. The second-order valence-corrected chi connectivity index (χ2v) is 0.946. The Morgan fingerprint density at radius 1 is 1.12 bits per heavy atom. The summed E-state index contributed by atoms with van der Waals surface area (Å²) >= 11 is 0. The van der Waals surface area contributed by atoms with Crippen molar-refractivity contribution in [1.29, 1.82) is 10.8 Å². The molecule has 0 rings (SSSR count).